The molecule has 2 aromatic rings. The first-order chi connectivity index (χ1) is 12.2. The fourth-order valence-electron chi connectivity index (χ4n) is 3.18. The number of anilines is 2. The number of hydrogen-bond acceptors (Lipinski definition) is 7. The number of methoxy groups -OCH3 is 1. The molecule has 4 N–H and O–H groups in total. The number of benzene rings is 1. The molecule has 0 spiro atoms. The minimum atomic E-state index is 0.0433. The molecule has 2 heterocycles. The van der Waals surface area contributed by atoms with Gasteiger partial charge in [0.05, 0.1) is 12.7 Å². The first-order valence-corrected chi connectivity index (χ1v) is 8.47. The second-order valence-electron chi connectivity index (χ2n) is 6.23. The van der Waals surface area contributed by atoms with E-state index in [-0.39, 0.29) is 18.8 Å². The first-order valence-electron chi connectivity index (χ1n) is 8.47. The predicted octanol–water partition coefficient (Wildman–Crippen LogP) is 1.13. The van der Waals surface area contributed by atoms with Gasteiger partial charge in [-0.2, -0.15) is 0 Å². The van der Waals surface area contributed by atoms with Crippen LogP contribution in [-0.2, 0) is 17.9 Å². The normalized spacial score (nSPS) is 20.0. The van der Waals surface area contributed by atoms with Gasteiger partial charge in [-0.15, -0.1) is 0 Å². The van der Waals surface area contributed by atoms with E-state index >= 15 is 0 Å². The molecule has 7 heteroatoms. The fraction of sp³-hybridized carbons (Fsp3) is 0.444. The SMILES string of the molecule is CO[C@H]1C[C@@H](CN)N(c2cc(NCc3cccc(CO)c3)ncn2)C1. The van der Waals surface area contributed by atoms with E-state index in [1.54, 1.807) is 13.4 Å². The van der Waals surface area contributed by atoms with Crippen molar-refractivity contribution in [3.8, 4) is 0 Å². The lowest BCUT2D eigenvalue weighted by molar-refractivity contribution is 0.118. The highest BCUT2D eigenvalue weighted by molar-refractivity contribution is 5.50. The molecule has 0 aliphatic carbocycles. The fourth-order valence-corrected chi connectivity index (χ4v) is 3.18. The van der Waals surface area contributed by atoms with E-state index in [1.165, 1.54) is 0 Å². The minimum absolute atomic E-state index is 0.0433. The molecule has 0 saturated carbocycles. The van der Waals surface area contributed by atoms with Crippen LogP contribution in [0.3, 0.4) is 0 Å². The van der Waals surface area contributed by atoms with E-state index in [2.05, 4.69) is 20.2 Å². The van der Waals surface area contributed by atoms with Crippen molar-refractivity contribution < 1.29 is 9.84 Å². The summed E-state index contributed by atoms with van der Waals surface area (Å²) in [6, 6.07) is 10.0. The van der Waals surface area contributed by atoms with Crippen LogP contribution in [0.5, 0.6) is 0 Å². The van der Waals surface area contributed by atoms with E-state index in [4.69, 9.17) is 10.5 Å². The molecule has 2 atom stereocenters. The first kappa shape index (κ1) is 17.6. The molecule has 1 aromatic heterocycles. The quantitative estimate of drug-likeness (QED) is 0.693. The zero-order valence-corrected chi connectivity index (χ0v) is 14.4. The molecule has 25 heavy (non-hydrogen) atoms. The topological polar surface area (TPSA) is 96.5 Å². The molecule has 7 nitrogen and oxygen atoms in total. The summed E-state index contributed by atoms with van der Waals surface area (Å²) in [5, 5.41) is 12.5. The van der Waals surface area contributed by atoms with Crippen molar-refractivity contribution in [3.63, 3.8) is 0 Å². The van der Waals surface area contributed by atoms with Crippen LogP contribution in [0.1, 0.15) is 17.5 Å². The molecule has 0 radical (unpaired) electrons. The van der Waals surface area contributed by atoms with E-state index in [1.807, 2.05) is 30.3 Å². The number of nitrogens with two attached hydrogens (primary N) is 1. The predicted molar refractivity (Wildman–Crippen MR) is 97.3 cm³/mol. The maximum absolute atomic E-state index is 9.23. The van der Waals surface area contributed by atoms with Gasteiger partial charge < -0.3 is 25.8 Å². The van der Waals surface area contributed by atoms with E-state index < -0.39 is 0 Å². The van der Waals surface area contributed by atoms with Gasteiger partial charge in [-0.05, 0) is 17.5 Å². The number of hydrogen-bond donors (Lipinski definition) is 3. The maximum Gasteiger partial charge on any atom is 0.134 e. The van der Waals surface area contributed by atoms with Crippen LogP contribution in [0.25, 0.3) is 0 Å². The van der Waals surface area contributed by atoms with Crippen molar-refractivity contribution in [2.75, 3.05) is 30.4 Å². The smallest absolute Gasteiger partial charge is 0.134 e. The standard InChI is InChI=1S/C18H25N5O2/c1-25-16-6-15(8-19)23(10-16)18-7-17(21-12-22-18)20-9-13-3-2-4-14(5-13)11-24/h2-5,7,12,15-16,24H,6,8-11,19H2,1H3,(H,20,21,22)/t15-,16-/m0/s1. The van der Waals surface area contributed by atoms with Crippen LogP contribution in [0.4, 0.5) is 11.6 Å². The largest absolute Gasteiger partial charge is 0.392 e. The Morgan fingerprint density at radius 3 is 2.92 bits per heavy atom. The van der Waals surface area contributed by atoms with Gasteiger partial charge in [0.15, 0.2) is 0 Å². The van der Waals surface area contributed by atoms with E-state index in [0.29, 0.717) is 13.1 Å². The monoisotopic (exact) mass is 343 g/mol. The minimum Gasteiger partial charge on any atom is -0.392 e. The van der Waals surface area contributed by atoms with Crippen LogP contribution in [0.2, 0.25) is 0 Å². The van der Waals surface area contributed by atoms with Crippen molar-refractivity contribution in [2.45, 2.75) is 31.7 Å². The van der Waals surface area contributed by atoms with Crippen molar-refractivity contribution in [1.82, 2.24) is 9.97 Å². The molecule has 0 bridgehead atoms. The Kier molecular flexibility index (Phi) is 5.80. The van der Waals surface area contributed by atoms with E-state index in [0.717, 1.165) is 35.7 Å². The lowest BCUT2D eigenvalue weighted by Gasteiger charge is -2.24. The molecule has 1 saturated heterocycles. The number of aliphatic hydroxyl groups is 1. The number of aliphatic hydroxyl groups excluding tert-OH is 1. The Balaban J connectivity index is 1.69. The van der Waals surface area contributed by atoms with E-state index in [9.17, 15) is 5.11 Å². The lowest BCUT2D eigenvalue weighted by atomic mass is 10.1. The zero-order chi connectivity index (χ0) is 17.6. The Hall–Kier alpha value is -2.22. The number of nitrogens with zero attached hydrogens (tertiary/aromatic N) is 3. The molecule has 1 fully saturated rings. The summed E-state index contributed by atoms with van der Waals surface area (Å²) in [6.45, 7) is 2.03. The highest BCUT2D eigenvalue weighted by Gasteiger charge is 2.32. The highest BCUT2D eigenvalue weighted by atomic mass is 16.5. The summed E-state index contributed by atoms with van der Waals surface area (Å²) in [5.41, 5.74) is 7.89. The summed E-state index contributed by atoms with van der Waals surface area (Å²) in [7, 11) is 1.73. The number of aromatic nitrogens is 2. The summed E-state index contributed by atoms with van der Waals surface area (Å²) in [5.74, 6) is 1.62. The third-order valence-corrected chi connectivity index (χ3v) is 4.58. The van der Waals surface area contributed by atoms with Gasteiger partial charge >= 0.3 is 0 Å². The molecule has 0 unspecified atom stereocenters. The van der Waals surface area contributed by atoms with Crippen molar-refractivity contribution >= 4 is 11.6 Å². The van der Waals surface area contributed by atoms with Crippen molar-refractivity contribution in [1.29, 1.82) is 0 Å². The molecule has 0 amide bonds. The van der Waals surface area contributed by atoms with Gasteiger partial charge in [0, 0.05) is 38.9 Å². The molecule has 3 rings (SSSR count). The third kappa shape index (κ3) is 4.25. The number of ether oxygens (including phenoxy) is 1. The van der Waals surface area contributed by atoms with Crippen LogP contribution in [-0.4, -0.2) is 47.4 Å². The maximum atomic E-state index is 9.23. The average molecular weight is 343 g/mol. The Morgan fingerprint density at radius 2 is 2.16 bits per heavy atom. The van der Waals surface area contributed by atoms with Gasteiger partial charge in [0.2, 0.25) is 0 Å². The molecular weight excluding hydrogens is 318 g/mol. The Morgan fingerprint density at radius 1 is 1.32 bits per heavy atom. The molecule has 1 aromatic carbocycles. The van der Waals surface area contributed by atoms with Crippen LogP contribution < -0.4 is 16.0 Å². The van der Waals surface area contributed by atoms with Gasteiger partial charge in [0.1, 0.15) is 18.0 Å². The summed E-state index contributed by atoms with van der Waals surface area (Å²) >= 11 is 0. The summed E-state index contributed by atoms with van der Waals surface area (Å²) < 4.78 is 5.48. The zero-order valence-electron chi connectivity index (χ0n) is 14.4. The number of rotatable bonds is 7. The van der Waals surface area contributed by atoms with Crippen LogP contribution >= 0.6 is 0 Å². The lowest BCUT2D eigenvalue weighted by Crippen LogP contribution is -2.36. The Labute approximate surface area is 147 Å². The molecule has 1 aliphatic rings. The van der Waals surface area contributed by atoms with Gasteiger partial charge in [-0.1, -0.05) is 24.3 Å². The van der Waals surface area contributed by atoms with Crippen LogP contribution in [0, 0.1) is 0 Å². The summed E-state index contributed by atoms with van der Waals surface area (Å²) in [6.07, 6.45) is 2.66. The molecule has 1 aliphatic heterocycles. The second kappa shape index (κ2) is 8.24. The molecule has 134 valence electrons. The second-order valence-corrected chi connectivity index (χ2v) is 6.23. The number of nitrogens with one attached hydrogen (secondary N) is 1. The van der Waals surface area contributed by atoms with Gasteiger partial charge in [-0.3, -0.25) is 0 Å². The van der Waals surface area contributed by atoms with Crippen molar-refractivity contribution in [3.05, 3.63) is 47.8 Å². The average Bonchev–Trinajstić information content (AvgIpc) is 3.10. The van der Waals surface area contributed by atoms with Crippen molar-refractivity contribution in [2.24, 2.45) is 5.73 Å². The Bertz CT molecular complexity index is 697. The summed E-state index contributed by atoms with van der Waals surface area (Å²) in [4.78, 5) is 10.9. The third-order valence-electron chi connectivity index (χ3n) is 4.58. The highest BCUT2D eigenvalue weighted by Crippen LogP contribution is 2.26. The van der Waals surface area contributed by atoms with Crippen LogP contribution in [0.15, 0.2) is 36.7 Å². The molecular formula is C18H25N5O2. The van der Waals surface area contributed by atoms with Gasteiger partial charge in [-0.25, -0.2) is 9.97 Å². The van der Waals surface area contributed by atoms with Gasteiger partial charge in [0.25, 0.3) is 0 Å².